The number of rotatable bonds is 4. The van der Waals surface area contributed by atoms with Crippen LogP contribution in [0.4, 0.5) is 5.69 Å². The first-order chi connectivity index (χ1) is 13.0. The van der Waals surface area contributed by atoms with Crippen LogP contribution in [0.25, 0.3) is 22.2 Å². The summed E-state index contributed by atoms with van der Waals surface area (Å²) in [6.07, 6.45) is 0. The predicted octanol–water partition coefficient (Wildman–Crippen LogP) is 5.45. The number of thiazole rings is 1. The minimum Gasteiger partial charge on any atom is -0.422 e. The van der Waals surface area contributed by atoms with Crippen molar-refractivity contribution in [3.05, 3.63) is 80.0 Å². The molecular weight excluding hydrogens is 356 g/mol. The van der Waals surface area contributed by atoms with Crippen molar-refractivity contribution in [3.63, 3.8) is 0 Å². The summed E-state index contributed by atoms with van der Waals surface area (Å²) in [6, 6.07) is 13.8. The van der Waals surface area contributed by atoms with Crippen LogP contribution in [0.15, 0.2) is 57.1 Å². The Morgan fingerprint density at radius 3 is 2.56 bits per heavy atom. The normalized spacial score (nSPS) is 11.1. The third-order valence-electron chi connectivity index (χ3n) is 4.80. The van der Waals surface area contributed by atoms with Gasteiger partial charge < -0.3 is 9.73 Å². The first kappa shape index (κ1) is 17.5. The van der Waals surface area contributed by atoms with E-state index in [0.29, 0.717) is 12.1 Å². The van der Waals surface area contributed by atoms with Crippen LogP contribution in [0.2, 0.25) is 0 Å². The first-order valence-corrected chi connectivity index (χ1v) is 9.68. The lowest BCUT2D eigenvalue weighted by Crippen LogP contribution is -2.06. The van der Waals surface area contributed by atoms with Gasteiger partial charge in [-0.2, -0.15) is 0 Å². The quantitative estimate of drug-likeness (QED) is 0.481. The highest BCUT2D eigenvalue weighted by atomic mass is 32.1. The molecule has 0 aliphatic carbocycles. The monoisotopic (exact) mass is 376 g/mol. The second kappa shape index (κ2) is 7.00. The predicted molar refractivity (Wildman–Crippen MR) is 112 cm³/mol. The van der Waals surface area contributed by atoms with Gasteiger partial charge in [0.05, 0.1) is 10.7 Å². The molecule has 0 unspecified atom stereocenters. The number of benzene rings is 2. The molecule has 5 heteroatoms. The van der Waals surface area contributed by atoms with Gasteiger partial charge in [0.2, 0.25) is 0 Å². The average molecular weight is 376 g/mol. The summed E-state index contributed by atoms with van der Waals surface area (Å²) in [6.45, 7) is 6.57. The van der Waals surface area contributed by atoms with E-state index in [2.05, 4.69) is 33.9 Å². The molecule has 2 aromatic heterocycles. The topological polar surface area (TPSA) is 55.1 Å². The fourth-order valence-corrected chi connectivity index (χ4v) is 3.74. The van der Waals surface area contributed by atoms with E-state index in [9.17, 15) is 4.79 Å². The van der Waals surface area contributed by atoms with E-state index in [4.69, 9.17) is 4.42 Å². The molecule has 0 saturated carbocycles. The molecular formula is C22H20N2O2S. The van der Waals surface area contributed by atoms with E-state index in [-0.39, 0.29) is 5.63 Å². The van der Waals surface area contributed by atoms with Gasteiger partial charge >= 0.3 is 5.63 Å². The Kier molecular flexibility index (Phi) is 4.54. The molecule has 0 fully saturated rings. The highest BCUT2D eigenvalue weighted by Crippen LogP contribution is 2.25. The van der Waals surface area contributed by atoms with Crippen LogP contribution in [0.5, 0.6) is 0 Å². The van der Waals surface area contributed by atoms with Crippen LogP contribution >= 0.6 is 11.3 Å². The third-order valence-corrected chi connectivity index (χ3v) is 5.57. The van der Waals surface area contributed by atoms with Crippen LogP contribution in [0, 0.1) is 20.8 Å². The van der Waals surface area contributed by atoms with Crippen molar-refractivity contribution in [2.45, 2.75) is 27.3 Å². The van der Waals surface area contributed by atoms with Crippen LogP contribution in [-0.4, -0.2) is 4.98 Å². The molecule has 2 heterocycles. The highest BCUT2D eigenvalue weighted by molar-refractivity contribution is 7.09. The van der Waals surface area contributed by atoms with Crippen molar-refractivity contribution >= 4 is 28.0 Å². The molecule has 0 atom stereocenters. The number of nitrogens with one attached hydrogen (secondary N) is 1. The Bertz CT molecular complexity index is 1170. The summed E-state index contributed by atoms with van der Waals surface area (Å²) >= 11 is 1.65. The summed E-state index contributed by atoms with van der Waals surface area (Å²) in [7, 11) is 0. The molecule has 4 aromatic rings. The SMILES string of the molecule is Cc1nc(-c2ccc(NCc3cc(=O)oc4c(C)c(C)ccc34)cc2)cs1. The van der Waals surface area contributed by atoms with Crippen molar-refractivity contribution < 1.29 is 4.42 Å². The van der Waals surface area contributed by atoms with Gasteiger partial charge in [-0.3, -0.25) is 0 Å². The average Bonchev–Trinajstić information content (AvgIpc) is 3.10. The Hall–Kier alpha value is -2.92. The number of nitrogens with zero attached hydrogens (tertiary/aromatic N) is 1. The molecule has 136 valence electrons. The standard InChI is InChI=1S/C22H20N2O2S/c1-13-4-9-19-17(10-21(25)26-22(19)14(13)2)11-23-18-7-5-16(6-8-18)20-12-27-15(3)24-20/h4-10,12,23H,11H2,1-3H3. The highest BCUT2D eigenvalue weighted by Gasteiger charge is 2.09. The van der Waals surface area contributed by atoms with Crippen molar-refractivity contribution in [2.24, 2.45) is 0 Å². The van der Waals surface area contributed by atoms with E-state index in [1.54, 1.807) is 17.4 Å². The minimum atomic E-state index is -0.317. The molecule has 0 amide bonds. The van der Waals surface area contributed by atoms with Gasteiger partial charge in [-0.15, -0.1) is 11.3 Å². The molecule has 0 radical (unpaired) electrons. The van der Waals surface area contributed by atoms with E-state index < -0.39 is 0 Å². The Morgan fingerprint density at radius 1 is 1.07 bits per heavy atom. The molecule has 2 aromatic carbocycles. The third kappa shape index (κ3) is 3.51. The van der Waals surface area contributed by atoms with Crippen molar-refractivity contribution in [2.75, 3.05) is 5.32 Å². The Morgan fingerprint density at radius 2 is 1.85 bits per heavy atom. The molecule has 1 N–H and O–H groups in total. The van der Waals surface area contributed by atoms with Gasteiger partial charge in [0, 0.05) is 34.6 Å². The number of hydrogen-bond donors (Lipinski definition) is 1. The number of anilines is 1. The summed E-state index contributed by atoms with van der Waals surface area (Å²) in [5.41, 5.74) is 6.51. The van der Waals surface area contributed by atoms with Crippen LogP contribution in [0.3, 0.4) is 0 Å². The van der Waals surface area contributed by atoms with E-state index in [0.717, 1.165) is 44.0 Å². The summed E-state index contributed by atoms with van der Waals surface area (Å²) in [4.78, 5) is 16.5. The van der Waals surface area contributed by atoms with Gasteiger partial charge in [-0.05, 0) is 49.6 Å². The van der Waals surface area contributed by atoms with Crippen molar-refractivity contribution in [1.82, 2.24) is 4.98 Å². The molecule has 0 aliphatic heterocycles. The molecule has 4 rings (SSSR count). The van der Waals surface area contributed by atoms with Gasteiger partial charge in [0.15, 0.2) is 0 Å². The fourth-order valence-electron chi connectivity index (χ4n) is 3.12. The zero-order valence-electron chi connectivity index (χ0n) is 15.5. The Balaban J connectivity index is 1.58. The second-order valence-corrected chi connectivity index (χ2v) is 7.72. The number of fused-ring (bicyclic) bond motifs is 1. The molecule has 27 heavy (non-hydrogen) atoms. The number of aromatic nitrogens is 1. The molecule has 0 spiro atoms. The second-order valence-electron chi connectivity index (χ2n) is 6.66. The lowest BCUT2D eigenvalue weighted by molar-refractivity contribution is 0.556. The largest absolute Gasteiger partial charge is 0.422 e. The van der Waals surface area contributed by atoms with E-state index in [1.807, 2.05) is 39.0 Å². The van der Waals surface area contributed by atoms with Gasteiger partial charge in [-0.1, -0.05) is 24.3 Å². The van der Waals surface area contributed by atoms with Crippen LogP contribution in [-0.2, 0) is 6.54 Å². The molecule has 4 nitrogen and oxygen atoms in total. The van der Waals surface area contributed by atoms with Crippen LogP contribution < -0.4 is 10.9 Å². The van der Waals surface area contributed by atoms with E-state index >= 15 is 0 Å². The Labute approximate surface area is 161 Å². The summed E-state index contributed by atoms with van der Waals surface area (Å²) in [5, 5.41) is 7.50. The fraction of sp³-hybridized carbons (Fsp3) is 0.182. The number of aryl methyl sites for hydroxylation is 3. The lowest BCUT2D eigenvalue weighted by atomic mass is 10.0. The smallest absolute Gasteiger partial charge is 0.336 e. The first-order valence-electron chi connectivity index (χ1n) is 8.80. The zero-order valence-corrected chi connectivity index (χ0v) is 16.3. The van der Waals surface area contributed by atoms with E-state index in [1.165, 1.54) is 0 Å². The molecule has 0 saturated heterocycles. The van der Waals surface area contributed by atoms with Crippen LogP contribution in [0.1, 0.15) is 21.7 Å². The lowest BCUT2D eigenvalue weighted by Gasteiger charge is -2.11. The van der Waals surface area contributed by atoms with Gasteiger partial charge in [0.1, 0.15) is 5.58 Å². The number of hydrogen-bond acceptors (Lipinski definition) is 5. The minimum absolute atomic E-state index is 0.317. The molecule has 0 bridgehead atoms. The van der Waals surface area contributed by atoms with Gasteiger partial charge in [0.25, 0.3) is 0 Å². The maximum atomic E-state index is 12.0. The van der Waals surface area contributed by atoms with Gasteiger partial charge in [-0.25, -0.2) is 9.78 Å². The zero-order chi connectivity index (χ0) is 19.0. The molecule has 0 aliphatic rings. The van der Waals surface area contributed by atoms with Crippen molar-refractivity contribution in [1.29, 1.82) is 0 Å². The maximum Gasteiger partial charge on any atom is 0.336 e. The maximum absolute atomic E-state index is 12.0. The summed E-state index contributed by atoms with van der Waals surface area (Å²) in [5.74, 6) is 0. The van der Waals surface area contributed by atoms with Crippen molar-refractivity contribution in [3.8, 4) is 11.3 Å². The summed E-state index contributed by atoms with van der Waals surface area (Å²) < 4.78 is 5.44.